The smallest absolute Gasteiger partial charge is 0.192 e. The van der Waals surface area contributed by atoms with Gasteiger partial charge in [0.25, 0.3) is 0 Å². The first-order valence-corrected chi connectivity index (χ1v) is 11.7. The molecule has 1 aliphatic heterocycles. The lowest BCUT2D eigenvalue weighted by Gasteiger charge is -2.18. The second-order valence-corrected chi connectivity index (χ2v) is 9.56. The van der Waals surface area contributed by atoms with Crippen molar-refractivity contribution in [2.45, 2.75) is 49.8 Å². The Kier molecular flexibility index (Phi) is 5.41. The van der Waals surface area contributed by atoms with Crippen LogP contribution in [0.25, 0.3) is 11.0 Å². The van der Waals surface area contributed by atoms with Crippen molar-refractivity contribution in [1.29, 1.82) is 0 Å². The van der Waals surface area contributed by atoms with Gasteiger partial charge >= 0.3 is 0 Å². The van der Waals surface area contributed by atoms with Crippen LogP contribution in [-0.4, -0.2) is 49.5 Å². The van der Waals surface area contributed by atoms with E-state index < -0.39 is 11.4 Å². The van der Waals surface area contributed by atoms with Gasteiger partial charge in [-0.1, -0.05) is 12.1 Å². The Morgan fingerprint density at radius 1 is 1.23 bits per heavy atom. The van der Waals surface area contributed by atoms with Gasteiger partial charge in [-0.25, -0.2) is 4.98 Å². The molecule has 7 nitrogen and oxygen atoms in total. The molecule has 0 radical (unpaired) electrons. The largest absolute Gasteiger partial charge is 0.593 e. The molecule has 1 N–H and O–H groups in total. The number of aryl methyl sites for hydroxylation is 2. The molecule has 8 heteroatoms. The van der Waals surface area contributed by atoms with Gasteiger partial charge in [0.1, 0.15) is 5.75 Å². The Morgan fingerprint density at radius 3 is 2.80 bits per heavy atom. The lowest BCUT2D eigenvalue weighted by atomic mass is 10.2. The Labute approximate surface area is 179 Å². The average molecular weight is 426 g/mol. The molecule has 1 saturated carbocycles. The second kappa shape index (κ2) is 8.19. The van der Waals surface area contributed by atoms with Gasteiger partial charge in [-0.05, 0) is 43.9 Å². The van der Waals surface area contributed by atoms with E-state index >= 15 is 0 Å². The molecule has 30 heavy (non-hydrogen) atoms. The third-order valence-corrected chi connectivity index (χ3v) is 6.95. The molecular weight excluding hydrogens is 398 g/mol. The van der Waals surface area contributed by atoms with Crippen molar-refractivity contribution in [1.82, 2.24) is 24.4 Å². The van der Waals surface area contributed by atoms with Crippen LogP contribution in [-0.2, 0) is 25.0 Å². The molecule has 0 amide bonds. The number of fused-ring (bicyclic) bond motifs is 1. The number of likely N-dealkylation sites (tertiary alicyclic amines) is 1. The minimum Gasteiger partial charge on any atom is -0.593 e. The lowest BCUT2D eigenvalue weighted by Crippen LogP contribution is -2.37. The highest BCUT2D eigenvalue weighted by Crippen LogP contribution is 2.27. The normalized spacial score (nSPS) is 20.7. The monoisotopic (exact) mass is 425 g/mol. The lowest BCUT2D eigenvalue weighted by molar-refractivity contribution is 0.302. The van der Waals surface area contributed by atoms with Crippen molar-refractivity contribution < 1.29 is 9.29 Å². The summed E-state index contributed by atoms with van der Waals surface area (Å²) in [7, 11) is 1.87. The summed E-state index contributed by atoms with van der Waals surface area (Å²) in [5, 5.41) is 5.34. The summed E-state index contributed by atoms with van der Waals surface area (Å²) in [6, 6.07) is 10.6. The predicted molar refractivity (Wildman–Crippen MR) is 117 cm³/mol. The average Bonchev–Trinajstić information content (AvgIpc) is 3.38. The molecule has 1 saturated heterocycles. The summed E-state index contributed by atoms with van der Waals surface area (Å²) in [6.45, 7) is 4.72. The fraction of sp³-hybridized carbons (Fsp3) is 0.455. The number of aromatic nitrogens is 3. The first-order chi connectivity index (χ1) is 14.5. The number of nitrogens with zero attached hydrogens (tertiary/aromatic N) is 4. The zero-order chi connectivity index (χ0) is 20.7. The van der Waals surface area contributed by atoms with Gasteiger partial charge in [-0.15, -0.1) is 4.72 Å². The quantitative estimate of drug-likeness (QED) is 0.587. The number of benzene rings is 1. The SMILES string of the molecule is Cc1nn(C)c2ncc([S+]([O-])N[C@@H]3CCN(Cc4ccc(OC5CC5)cc4)C3)cc12. The predicted octanol–water partition coefficient (Wildman–Crippen LogP) is 2.70. The summed E-state index contributed by atoms with van der Waals surface area (Å²) >= 11 is -1.29. The molecule has 2 fully saturated rings. The molecule has 2 aliphatic rings. The van der Waals surface area contributed by atoms with E-state index in [4.69, 9.17) is 4.74 Å². The highest BCUT2D eigenvalue weighted by atomic mass is 32.2. The molecular formula is C22H27N5O2S. The Hall–Kier alpha value is -2.13. The van der Waals surface area contributed by atoms with Gasteiger partial charge in [0.15, 0.2) is 10.5 Å². The molecule has 3 aromatic rings. The van der Waals surface area contributed by atoms with Gasteiger partial charge in [-0.2, -0.15) is 5.10 Å². The van der Waals surface area contributed by atoms with E-state index in [0.29, 0.717) is 11.0 Å². The number of ether oxygens (including phenoxy) is 1. The van der Waals surface area contributed by atoms with Crippen molar-refractivity contribution in [2.24, 2.45) is 7.05 Å². The van der Waals surface area contributed by atoms with Gasteiger partial charge in [0.2, 0.25) is 0 Å². The van der Waals surface area contributed by atoms with Gasteiger partial charge in [-0.3, -0.25) is 9.58 Å². The van der Waals surface area contributed by atoms with Crippen LogP contribution in [0.5, 0.6) is 5.75 Å². The van der Waals surface area contributed by atoms with Crippen molar-refractivity contribution in [3.05, 3.63) is 47.8 Å². The maximum atomic E-state index is 12.9. The number of pyridine rings is 1. The third kappa shape index (κ3) is 4.32. The van der Waals surface area contributed by atoms with E-state index in [0.717, 1.165) is 48.5 Å². The Balaban J connectivity index is 1.16. The van der Waals surface area contributed by atoms with Gasteiger partial charge in [0, 0.05) is 38.1 Å². The molecule has 5 rings (SSSR count). The fourth-order valence-electron chi connectivity index (χ4n) is 3.99. The topological polar surface area (TPSA) is 78.3 Å². The van der Waals surface area contributed by atoms with Crippen LogP contribution in [0, 0.1) is 6.92 Å². The van der Waals surface area contributed by atoms with Crippen LogP contribution in [0.2, 0.25) is 0 Å². The molecule has 3 heterocycles. The summed E-state index contributed by atoms with van der Waals surface area (Å²) in [4.78, 5) is 7.54. The molecule has 1 unspecified atom stereocenters. The van der Waals surface area contributed by atoms with E-state index in [2.05, 4.69) is 44.0 Å². The maximum absolute atomic E-state index is 12.9. The van der Waals surface area contributed by atoms with E-state index in [1.165, 1.54) is 18.4 Å². The van der Waals surface area contributed by atoms with Gasteiger partial charge < -0.3 is 9.29 Å². The maximum Gasteiger partial charge on any atom is 0.192 e. The summed E-state index contributed by atoms with van der Waals surface area (Å²) in [5.41, 5.74) is 3.00. The summed E-state index contributed by atoms with van der Waals surface area (Å²) in [5.74, 6) is 0.965. The number of hydrogen-bond donors (Lipinski definition) is 1. The third-order valence-electron chi connectivity index (χ3n) is 5.75. The van der Waals surface area contributed by atoms with E-state index in [9.17, 15) is 4.55 Å². The van der Waals surface area contributed by atoms with Crippen LogP contribution in [0.3, 0.4) is 0 Å². The minimum absolute atomic E-state index is 0.203. The highest BCUT2D eigenvalue weighted by molar-refractivity contribution is 7.89. The first kappa shape index (κ1) is 19.8. The summed E-state index contributed by atoms with van der Waals surface area (Å²) in [6.07, 6.45) is 5.45. The Bertz CT molecular complexity index is 1030. The molecule has 1 aromatic carbocycles. The van der Waals surface area contributed by atoms with Crippen molar-refractivity contribution >= 4 is 22.4 Å². The first-order valence-electron chi connectivity index (χ1n) is 10.5. The Morgan fingerprint density at radius 2 is 2.03 bits per heavy atom. The number of nitrogens with one attached hydrogen (secondary N) is 1. The summed E-state index contributed by atoms with van der Waals surface area (Å²) < 4.78 is 23.7. The number of hydrogen-bond acceptors (Lipinski definition) is 6. The molecule has 1 aliphatic carbocycles. The molecule has 2 atom stereocenters. The zero-order valence-electron chi connectivity index (χ0n) is 17.4. The number of rotatable bonds is 7. The van der Waals surface area contributed by atoms with Crippen molar-refractivity contribution in [3.8, 4) is 5.75 Å². The standard InChI is InChI=1S/C22H27N5O2S/c1-15-21-11-20(12-23-22(21)26(2)24-15)30(28)25-17-9-10-27(14-17)13-16-3-5-18(6-4-16)29-19-7-8-19/h3-6,11-12,17,19,25H,7-10,13-14H2,1-2H3/t17-,30?/m1/s1. The van der Waals surface area contributed by atoms with Gasteiger partial charge in [0.05, 0.1) is 35.4 Å². The van der Waals surface area contributed by atoms with E-state index in [1.54, 1.807) is 10.9 Å². The van der Waals surface area contributed by atoms with E-state index in [1.807, 2.05) is 20.0 Å². The highest BCUT2D eigenvalue weighted by Gasteiger charge is 2.28. The van der Waals surface area contributed by atoms with Crippen molar-refractivity contribution in [3.63, 3.8) is 0 Å². The minimum atomic E-state index is -1.29. The molecule has 0 spiro atoms. The fourth-order valence-corrected chi connectivity index (χ4v) is 5.00. The molecule has 158 valence electrons. The van der Waals surface area contributed by atoms with Crippen molar-refractivity contribution in [2.75, 3.05) is 13.1 Å². The van der Waals surface area contributed by atoms with Crippen LogP contribution < -0.4 is 9.46 Å². The molecule has 2 aromatic heterocycles. The van der Waals surface area contributed by atoms with Crippen LogP contribution >= 0.6 is 0 Å². The molecule has 0 bridgehead atoms. The zero-order valence-corrected chi connectivity index (χ0v) is 18.2. The van der Waals surface area contributed by atoms with Crippen LogP contribution in [0.15, 0.2) is 41.4 Å². The second-order valence-electron chi connectivity index (χ2n) is 8.32. The van der Waals surface area contributed by atoms with Crippen LogP contribution in [0.4, 0.5) is 0 Å². The van der Waals surface area contributed by atoms with Crippen LogP contribution in [0.1, 0.15) is 30.5 Å². The van der Waals surface area contributed by atoms with E-state index in [-0.39, 0.29) is 6.04 Å².